The zero-order valence-corrected chi connectivity index (χ0v) is 9.96. The fourth-order valence-electron chi connectivity index (χ4n) is 1.76. The smallest absolute Gasteiger partial charge is 0.258 e. The van der Waals surface area contributed by atoms with Crippen LogP contribution in [0, 0.1) is 34.8 Å². The SMILES string of the molecule is C#Cc1ccc(C#C)c(-c2ccc([N+](=O)[O-])cc2)c1. The summed E-state index contributed by atoms with van der Waals surface area (Å²) >= 11 is 0. The molecular weight excluding hydrogens is 238 g/mol. The van der Waals surface area contributed by atoms with Gasteiger partial charge in [-0.3, -0.25) is 10.1 Å². The van der Waals surface area contributed by atoms with Crippen molar-refractivity contribution in [2.75, 3.05) is 0 Å². The van der Waals surface area contributed by atoms with E-state index in [9.17, 15) is 10.1 Å². The summed E-state index contributed by atoms with van der Waals surface area (Å²) in [6, 6.07) is 11.5. The van der Waals surface area contributed by atoms with Crippen molar-refractivity contribution in [2.24, 2.45) is 0 Å². The van der Waals surface area contributed by atoms with E-state index in [0.717, 1.165) is 11.1 Å². The second-order valence-electron chi connectivity index (χ2n) is 3.85. The van der Waals surface area contributed by atoms with Crippen molar-refractivity contribution in [1.29, 1.82) is 0 Å². The molecule has 2 aromatic carbocycles. The topological polar surface area (TPSA) is 43.1 Å². The molecule has 0 amide bonds. The van der Waals surface area contributed by atoms with Crippen molar-refractivity contribution in [3.8, 4) is 35.8 Å². The summed E-state index contributed by atoms with van der Waals surface area (Å²) < 4.78 is 0. The van der Waals surface area contributed by atoms with E-state index in [-0.39, 0.29) is 5.69 Å². The third-order valence-corrected chi connectivity index (χ3v) is 2.73. The van der Waals surface area contributed by atoms with Crippen LogP contribution in [0.15, 0.2) is 42.5 Å². The first-order valence-electron chi connectivity index (χ1n) is 5.48. The number of hydrogen-bond donors (Lipinski definition) is 0. The van der Waals surface area contributed by atoms with Gasteiger partial charge in [-0.1, -0.05) is 11.8 Å². The second kappa shape index (κ2) is 5.08. The Balaban J connectivity index is 2.55. The minimum Gasteiger partial charge on any atom is -0.258 e. The molecule has 2 rings (SSSR count). The van der Waals surface area contributed by atoms with Gasteiger partial charge in [0.25, 0.3) is 5.69 Å². The molecule has 2 aromatic rings. The number of terminal acetylenes is 2. The van der Waals surface area contributed by atoms with Crippen molar-refractivity contribution in [3.63, 3.8) is 0 Å². The molecule has 19 heavy (non-hydrogen) atoms. The Morgan fingerprint density at radius 3 is 2.21 bits per heavy atom. The van der Waals surface area contributed by atoms with E-state index in [0.29, 0.717) is 11.1 Å². The number of nitrogens with zero attached hydrogens (tertiary/aromatic N) is 1. The van der Waals surface area contributed by atoms with Crippen LogP contribution in [0.5, 0.6) is 0 Å². The van der Waals surface area contributed by atoms with E-state index in [1.54, 1.807) is 30.3 Å². The van der Waals surface area contributed by atoms with Gasteiger partial charge in [0.05, 0.1) is 4.92 Å². The van der Waals surface area contributed by atoms with Crippen LogP contribution in [0.25, 0.3) is 11.1 Å². The molecule has 0 radical (unpaired) electrons. The number of nitro benzene ring substituents is 1. The lowest BCUT2D eigenvalue weighted by Gasteiger charge is -2.06. The quantitative estimate of drug-likeness (QED) is 0.464. The first kappa shape index (κ1) is 12.4. The van der Waals surface area contributed by atoms with Crippen molar-refractivity contribution in [1.82, 2.24) is 0 Å². The molecule has 0 heterocycles. The lowest BCUT2D eigenvalue weighted by Crippen LogP contribution is -1.89. The lowest BCUT2D eigenvalue weighted by molar-refractivity contribution is -0.384. The van der Waals surface area contributed by atoms with Crippen LogP contribution in [0.1, 0.15) is 11.1 Å². The summed E-state index contributed by atoms with van der Waals surface area (Å²) in [5.74, 6) is 5.12. The maximum absolute atomic E-state index is 10.6. The average Bonchev–Trinajstić information content (AvgIpc) is 2.46. The van der Waals surface area contributed by atoms with Gasteiger partial charge in [-0.05, 0) is 41.5 Å². The Labute approximate surface area is 111 Å². The number of benzene rings is 2. The molecule has 0 fully saturated rings. The summed E-state index contributed by atoms with van der Waals surface area (Å²) in [5, 5.41) is 10.6. The second-order valence-corrected chi connectivity index (χ2v) is 3.85. The Morgan fingerprint density at radius 1 is 1.00 bits per heavy atom. The predicted molar refractivity (Wildman–Crippen MR) is 74.4 cm³/mol. The number of hydrogen-bond acceptors (Lipinski definition) is 2. The zero-order valence-electron chi connectivity index (χ0n) is 9.96. The van der Waals surface area contributed by atoms with Crippen LogP contribution in [0.4, 0.5) is 5.69 Å². The Bertz CT molecular complexity index is 716. The maximum Gasteiger partial charge on any atom is 0.269 e. The lowest BCUT2D eigenvalue weighted by atomic mass is 9.97. The van der Waals surface area contributed by atoms with Gasteiger partial charge >= 0.3 is 0 Å². The molecule has 0 aliphatic heterocycles. The molecule has 0 aromatic heterocycles. The van der Waals surface area contributed by atoms with Gasteiger partial charge in [0, 0.05) is 23.3 Å². The van der Waals surface area contributed by atoms with Crippen LogP contribution >= 0.6 is 0 Å². The van der Waals surface area contributed by atoms with E-state index in [4.69, 9.17) is 12.8 Å². The summed E-state index contributed by atoms with van der Waals surface area (Å²) in [5.41, 5.74) is 3.06. The van der Waals surface area contributed by atoms with E-state index < -0.39 is 4.92 Å². The van der Waals surface area contributed by atoms with E-state index >= 15 is 0 Å². The Hall–Kier alpha value is -3.04. The van der Waals surface area contributed by atoms with E-state index in [2.05, 4.69) is 11.8 Å². The molecule has 0 unspecified atom stereocenters. The first-order valence-corrected chi connectivity index (χ1v) is 5.48. The maximum atomic E-state index is 10.6. The third kappa shape index (κ3) is 2.46. The fraction of sp³-hybridized carbons (Fsp3) is 0. The van der Waals surface area contributed by atoms with Crippen molar-refractivity contribution >= 4 is 5.69 Å². The molecule has 0 atom stereocenters. The summed E-state index contributed by atoms with van der Waals surface area (Å²) in [6.07, 6.45) is 10.8. The first-order chi connectivity index (χ1) is 9.15. The summed E-state index contributed by atoms with van der Waals surface area (Å²) in [4.78, 5) is 10.2. The summed E-state index contributed by atoms with van der Waals surface area (Å²) in [7, 11) is 0. The van der Waals surface area contributed by atoms with Crippen LogP contribution in [0.2, 0.25) is 0 Å². The summed E-state index contributed by atoms with van der Waals surface area (Å²) in [6.45, 7) is 0. The predicted octanol–water partition coefficient (Wildman–Crippen LogP) is 3.22. The number of non-ortho nitro benzene ring substituents is 1. The van der Waals surface area contributed by atoms with E-state index in [1.807, 2.05) is 0 Å². The molecule has 0 saturated carbocycles. The van der Waals surface area contributed by atoms with Gasteiger partial charge in [-0.25, -0.2) is 0 Å². The van der Waals surface area contributed by atoms with Gasteiger partial charge in [0.2, 0.25) is 0 Å². The molecule has 0 spiro atoms. The highest BCUT2D eigenvalue weighted by molar-refractivity contribution is 5.73. The van der Waals surface area contributed by atoms with Crippen LogP contribution in [-0.2, 0) is 0 Å². The third-order valence-electron chi connectivity index (χ3n) is 2.73. The average molecular weight is 247 g/mol. The zero-order chi connectivity index (χ0) is 13.8. The van der Waals surface area contributed by atoms with Crippen molar-refractivity contribution < 1.29 is 4.92 Å². The van der Waals surface area contributed by atoms with Gasteiger partial charge in [-0.15, -0.1) is 12.8 Å². The molecule has 0 N–H and O–H groups in total. The largest absolute Gasteiger partial charge is 0.269 e. The van der Waals surface area contributed by atoms with Gasteiger partial charge < -0.3 is 0 Å². The minimum absolute atomic E-state index is 0.0408. The normalized spacial score (nSPS) is 9.37. The monoisotopic (exact) mass is 247 g/mol. The van der Waals surface area contributed by atoms with Crippen molar-refractivity contribution in [2.45, 2.75) is 0 Å². The molecule has 0 aliphatic rings. The van der Waals surface area contributed by atoms with E-state index in [1.165, 1.54) is 12.1 Å². The molecule has 90 valence electrons. The minimum atomic E-state index is -0.441. The standard InChI is InChI=1S/C16H9NO2/c1-3-12-5-6-13(4-2)16(11-12)14-7-9-15(10-8-14)17(18)19/h1-2,5-11H. The fourth-order valence-corrected chi connectivity index (χ4v) is 1.76. The number of nitro groups is 1. The van der Waals surface area contributed by atoms with Crippen molar-refractivity contribution in [3.05, 3.63) is 63.7 Å². The number of rotatable bonds is 2. The van der Waals surface area contributed by atoms with Crippen LogP contribution < -0.4 is 0 Å². The van der Waals surface area contributed by atoms with Crippen LogP contribution in [-0.4, -0.2) is 4.92 Å². The van der Waals surface area contributed by atoms with Gasteiger partial charge in [0.1, 0.15) is 0 Å². The molecule has 0 bridgehead atoms. The molecule has 0 aliphatic carbocycles. The molecule has 0 saturated heterocycles. The highest BCUT2D eigenvalue weighted by atomic mass is 16.6. The van der Waals surface area contributed by atoms with Gasteiger partial charge in [-0.2, -0.15) is 0 Å². The Kier molecular flexibility index (Phi) is 3.32. The molecule has 3 nitrogen and oxygen atoms in total. The molecule has 3 heteroatoms. The highest BCUT2D eigenvalue weighted by Gasteiger charge is 2.08. The van der Waals surface area contributed by atoms with Crippen LogP contribution in [0.3, 0.4) is 0 Å². The van der Waals surface area contributed by atoms with Gasteiger partial charge in [0.15, 0.2) is 0 Å². The highest BCUT2D eigenvalue weighted by Crippen LogP contribution is 2.26. The Morgan fingerprint density at radius 2 is 1.68 bits per heavy atom. The molecular formula is C16H9NO2.